The summed E-state index contributed by atoms with van der Waals surface area (Å²) in [5, 5.41) is 11.5. The Balaban J connectivity index is 2.97. The number of benzene rings is 1. The van der Waals surface area contributed by atoms with Gasteiger partial charge in [0.25, 0.3) is 0 Å². The highest BCUT2D eigenvalue weighted by molar-refractivity contribution is 9.10. The van der Waals surface area contributed by atoms with Crippen LogP contribution in [0, 0.1) is 0 Å². The monoisotopic (exact) mass is 315 g/mol. The van der Waals surface area contributed by atoms with E-state index in [1.807, 2.05) is 0 Å². The third kappa shape index (κ3) is 4.03. The van der Waals surface area contributed by atoms with Crippen LogP contribution in [0.25, 0.3) is 0 Å². The Morgan fingerprint density at radius 3 is 2.44 bits per heavy atom. The number of carbonyl (C=O) groups excluding carboxylic acids is 1. The number of hydrogen-bond donors (Lipinski definition) is 2. The van der Waals surface area contributed by atoms with E-state index in [-0.39, 0.29) is 11.3 Å². The van der Waals surface area contributed by atoms with Crippen molar-refractivity contribution >= 4 is 33.7 Å². The normalized spacial score (nSPS) is 10.9. The number of anilines is 1. The number of carboxylic acids is 1. The summed E-state index contributed by atoms with van der Waals surface area (Å²) in [6, 6.07) is 4.62. The van der Waals surface area contributed by atoms with E-state index in [1.54, 1.807) is 32.9 Å². The van der Waals surface area contributed by atoms with E-state index in [2.05, 4.69) is 21.2 Å². The van der Waals surface area contributed by atoms with E-state index in [4.69, 9.17) is 9.84 Å². The van der Waals surface area contributed by atoms with Gasteiger partial charge >= 0.3 is 12.1 Å². The van der Waals surface area contributed by atoms with Gasteiger partial charge in [-0.25, -0.2) is 9.59 Å². The Labute approximate surface area is 113 Å². The minimum Gasteiger partial charge on any atom is -0.478 e. The zero-order chi connectivity index (χ0) is 13.9. The highest BCUT2D eigenvalue weighted by Crippen LogP contribution is 2.27. The lowest BCUT2D eigenvalue weighted by atomic mass is 10.2. The van der Waals surface area contributed by atoms with Gasteiger partial charge in [-0.1, -0.05) is 6.07 Å². The molecule has 1 aromatic carbocycles. The lowest BCUT2D eigenvalue weighted by molar-refractivity contribution is 0.0636. The van der Waals surface area contributed by atoms with Gasteiger partial charge in [-0.15, -0.1) is 0 Å². The second kappa shape index (κ2) is 5.39. The Morgan fingerprint density at radius 2 is 1.94 bits per heavy atom. The minimum absolute atomic E-state index is 0.00441. The molecule has 6 heteroatoms. The molecule has 0 unspecified atom stereocenters. The number of para-hydroxylation sites is 1. The number of amides is 1. The fraction of sp³-hybridized carbons (Fsp3) is 0.333. The first-order chi connectivity index (χ1) is 8.20. The van der Waals surface area contributed by atoms with E-state index in [9.17, 15) is 9.59 Å². The van der Waals surface area contributed by atoms with E-state index >= 15 is 0 Å². The average molecular weight is 316 g/mol. The molecule has 0 aliphatic heterocycles. The third-order valence-electron chi connectivity index (χ3n) is 1.87. The number of nitrogens with one attached hydrogen (secondary N) is 1. The van der Waals surface area contributed by atoms with Crippen LogP contribution in [-0.2, 0) is 4.74 Å². The molecule has 0 saturated heterocycles. The second-order valence-corrected chi connectivity index (χ2v) is 5.45. The van der Waals surface area contributed by atoms with Gasteiger partial charge in [-0.2, -0.15) is 0 Å². The molecule has 1 rings (SSSR count). The molecule has 18 heavy (non-hydrogen) atoms. The molecule has 1 aromatic rings. The van der Waals surface area contributed by atoms with Gasteiger partial charge in [0.15, 0.2) is 0 Å². The molecule has 0 fully saturated rings. The fourth-order valence-corrected chi connectivity index (χ4v) is 1.70. The van der Waals surface area contributed by atoms with Gasteiger partial charge < -0.3 is 9.84 Å². The number of hydrogen-bond acceptors (Lipinski definition) is 3. The van der Waals surface area contributed by atoms with E-state index in [0.29, 0.717) is 4.47 Å². The van der Waals surface area contributed by atoms with Crippen LogP contribution in [0.1, 0.15) is 31.1 Å². The number of ether oxygens (including phenoxy) is 1. The highest BCUT2D eigenvalue weighted by Gasteiger charge is 2.20. The van der Waals surface area contributed by atoms with Crippen molar-refractivity contribution in [2.24, 2.45) is 0 Å². The Bertz CT molecular complexity index is 479. The second-order valence-electron chi connectivity index (χ2n) is 4.59. The first kappa shape index (κ1) is 14.5. The molecule has 98 valence electrons. The maximum absolute atomic E-state index is 11.6. The third-order valence-corrected chi connectivity index (χ3v) is 2.53. The number of carbonyl (C=O) groups is 2. The fourth-order valence-electron chi connectivity index (χ4n) is 1.24. The van der Waals surface area contributed by atoms with Crippen LogP contribution in [0.2, 0.25) is 0 Å². The maximum Gasteiger partial charge on any atom is 0.412 e. The summed E-state index contributed by atoms with van der Waals surface area (Å²) in [6.07, 6.45) is -0.697. The maximum atomic E-state index is 11.6. The van der Waals surface area contributed by atoms with Crippen molar-refractivity contribution < 1.29 is 19.4 Å². The smallest absolute Gasteiger partial charge is 0.412 e. The topological polar surface area (TPSA) is 75.6 Å². The zero-order valence-corrected chi connectivity index (χ0v) is 11.9. The van der Waals surface area contributed by atoms with Gasteiger partial charge in [-0.05, 0) is 48.8 Å². The average Bonchev–Trinajstić information content (AvgIpc) is 2.17. The largest absolute Gasteiger partial charge is 0.478 e. The Kier molecular flexibility index (Phi) is 4.34. The van der Waals surface area contributed by atoms with Crippen molar-refractivity contribution in [3.8, 4) is 0 Å². The van der Waals surface area contributed by atoms with Crippen molar-refractivity contribution in [2.75, 3.05) is 5.32 Å². The van der Waals surface area contributed by atoms with Crippen LogP contribution >= 0.6 is 15.9 Å². The summed E-state index contributed by atoms with van der Waals surface area (Å²) < 4.78 is 5.55. The standard InChI is InChI=1S/C12H14BrNO4/c1-12(2,3)18-11(17)14-9-7(10(15)16)5-4-6-8(9)13/h4-6H,1-3H3,(H,14,17)(H,15,16). The summed E-state index contributed by atoms with van der Waals surface area (Å²) in [5.74, 6) is -1.12. The quantitative estimate of drug-likeness (QED) is 0.875. The Hall–Kier alpha value is -1.56. The Morgan fingerprint density at radius 1 is 1.33 bits per heavy atom. The van der Waals surface area contributed by atoms with E-state index < -0.39 is 17.7 Å². The van der Waals surface area contributed by atoms with Crippen molar-refractivity contribution in [3.05, 3.63) is 28.2 Å². The van der Waals surface area contributed by atoms with Gasteiger partial charge in [-0.3, -0.25) is 5.32 Å². The molecule has 0 spiro atoms. The van der Waals surface area contributed by atoms with Crippen LogP contribution in [0.3, 0.4) is 0 Å². The molecule has 0 atom stereocenters. The summed E-state index contributed by atoms with van der Waals surface area (Å²) in [6.45, 7) is 5.18. The van der Waals surface area contributed by atoms with Gasteiger partial charge in [0.1, 0.15) is 5.60 Å². The summed E-state index contributed by atoms with van der Waals surface area (Å²) in [7, 11) is 0. The SMILES string of the molecule is CC(C)(C)OC(=O)Nc1c(Br)cccc1C(=O)O. The predicted octanol–water partition coefficient (Wildman–Crippen LogP) is 3.49. The molecule has 0 aliphatic carbocycles. The first-order valence-electron chi connectivity index (χ1n) is 5.22. The number of aromatic carboxylic acids is 1. The van der Waals surface area contributed by atoms with Crippen LogP contribution in [0.4, 0.5) is 10.5 Å². The molecule has 0 aromatic heterocycles. The molecule has 0 bridgehead atoms. The molecule has 0 saturated carbocycles. The summed E-state index contributed by atoms with van der Waals surface area (Å²) in [5.41, 5.74) is -0.469. The zero-order valence-electron chi connectivity index (χ0n) is 10.3. The molecular weight excluding hydrogens is 302 g/mol. The van der Waals surface area contributed by atoms with Crippen molar-refractivity contribution in [1.82, 2.24) is 0 Å². The van der Waals surface area contributed by atoms with Crippen LogP contribution in [0.15, 0.2) is 22.7 Å². The molecule has 5 nitrogen and oxygen atoms in total. The molecular formula is C12H14BrNO4. The van der Waals surface area contributed by atoms with E-state index in [0.717, 1.165) is 0 Å². The van der Waals surface area contributed by atoms with Crippen LogP contribution in [0.5, 0.6) is 0 Å². The number of halogens is 1. The summed E-state index contributed by atoms with van der Waals surface area (Å²) in [4.78, 5) is 22.6. The molecule has 0 aliphatic rings. The lowest BCUT2D eigenvalue weighted by Gasteiger charge is -2.20. The minimum atomic E-state index is -1.12. The van der Waals surface area contributed by atoms with E-state index in [1.165, 1.54) is 6.07 Å². The van der Waals surface area contributed by atoms with Crippen molar-refractivity contribution in [2.45, 2.75) is 26.4 Å². The first-order valence-corrected chi connectivity index (χ1v) is 6.02. The number of carboxylic acid groups (broad SMARTS) is 1. The van der Waals surface area contributed by atoms with Crippen molar-refractivity contribution in [3.63, 3.8) is 0 Å². The van der Waals surface area contributed by atoms with Crippen molar-refractivity contribution in [1.29, 1.82) is 0 Å². The lowest BCUT2D eigenvalue weighted by Crippen LogP contribution is -2.27. The van der Waals surface area contributed by atoms with Gasteiger partial charge in [0.05, 0.1) is 11.3 Å². The van der Waals surface area contributed by atoms with Gasteiger partial charge in [0.2, 0.25) is 0 Å². The molecule has 0 heterocycles. The van der Waals surface area contributed by atoms with Crippen LogP contribution in [-0.4, -0.2) is 22.8 Å². The predicted molar refractivity (Wildman–Crippen MR) is 71.0 cm³/mol. The number of rotatable bonds is 2. The van der Waals surface area contributed by atoms with Gasteiger partial charge in [0, 0.05) is 4.47 Å². The van der Waals surface area contributed by atoms with Crippen LogP contribution < -0.4 is 5.32 Å². The highest BCUT2D eigenvalue weighted by atomic mass is 79.9. The molecule has 2 N–H and O–H groups in total. The molecule has 0 radical (unpaired) electrons. The summed E-state index contributed by atoms with van der Waals surface area (Å²) >= 11 is 3.19. The molecule has 1 amide bonds.